The van der Waals surface area contributed by atoms with E-state index in [9.17, 15) is 0 Å². The number of nitrogens with zero attached hydrogens (tertiary/aromatic N) is 2. The first-order valence-corrected chi connectivity index (χ1v) is 7.06. The van der Waals surface area contributed by atoms with Gasteiger partial charge in [-0.2, -0.15) is 5.10 Å². The van der Waals surface area contributed by atoms with Crippen molar-refractivity contribution in [1.82, 2.24) is 15.1 Å². The van der Waals surface area contributed by atoms with Gasteiger partial charge in [0.25, 0.3) is 0 Å². The Balaban J connectivity index is 2.12. The first-order chi connectivity index (χ1) is 9.65. The fourth-order valence-corrected chi connectivity index (χ4v) is 2.16. The lowest BCUT2D eigenvalue weighted by atomic mass is 10.1. The van der Waals surface area contributed by atoms with Crippen molar-refractivity contribution in [3.63, 3.8) is 0 Å². The first kappa shape index (κ1) is 14.6. The van der Waals surface area contributed by atoms with Gasteiger partial charge in [-0.05, 0) is 32.5 Å². The van der Waals surface area contributed by atoms with Crippen LogP contribution in [-0.4, -0.2) is 16.8 Å². The van der Waals surface area contributed by atoms with Gasteiger partial charge in [0.15, 0.2) is 0 Å². The molecule has 1 unspecified atom stereocenters. The molecule has 1 aromatic carbocycles. The zero-order valence-electron chi connectivity index (χ0n) is 12.7. The summed E-state index contributed by atoms with van der Waals surface area (Å²) in [4.78, 5) is 0. The van der Waals surface area contributed by atoms with E-state index < -0.39 is 0 Å². The zero-order chi connectivity index (χ0) is 14.5. The van der Waals surface area contributed by atoms with Gasteiger partial charge >= 0.3 is 0 Å². The average molecular weight is 273 g/mol. The van der Waals surface area contributed by atoms with Crippen LogP contribution in [0.4, 0.5) is 0 Å². The predicted molar refractivity (Wildman–Crippen MR) is 80.8 cm³/mol. The Labute approximate surface area is 120 Å². The standard InChI is InChI=1S/C16H23N3O/c1-5-13-10-14(19(4)18-13)11-20-16-9-7-6-8-15(16)12(2)17-3/h6-10,12,17H,5,11H2,1-4H3. The molecule has 0 bridgehead atoms. The highest BCUT2D eigenvalue weighted by atomic mass is 16.5. The third-order valence-electron chi connectivity index (χ3n) is 3.58. The van der Waals surface area contributed by atoms with Gasteiger partial charge < -0.3 is 10.1 Å². The third kappa shape index (κ3) is 3.20. The van der Waals surface area contributed by atoms with E-state index in [1.807, 2.05) is 37.0 Å². The molecule has 0 radical (unpaired) electrons. The Morgan fingerprint density at radius 3 is 2.75 bits per heavy atom. The Kier molecular flexibility index (Phi) is 4.79. The Morgan fingerprint density at radius 2 is 2.10 bits per heavy atom. The van der Waals surface area contributed by atoms with Crippen molar-refractivity contribution < 1.29 is 4.74 Å². The minimum Gasteiger partial charge on any atom is -0.487 e. The largest absolute Gasteiger partial charge is 0.487 e. The number of aromatic nitrogens is 2. The van der Waals surface area contributed by atoms with Crippen molar-refractivity contribution in [3.8, 4) is 5.75 Å². The van der Waals surface area contributed by atoms with Gasteiger partial charge in [-0.25, -0.2) is 0 Å². The van der Waals surface area contributed by atoms with Crippen LogP contribution in [0.3, 0.4) is 0 Å². The molecule has 1 atom stereocenters. The van der Waals surface area contributed by atoms with Gasteiger partial charge in [0.2, 0.25) is 0 Å². The molecule has 4 nitrogen and oxygen atoms in total. The van der Waals surface area contributed by atoms with E-state index in [-0.39, 0.29) is 6.04 Å². The maximum atomic E-state index is 5.98. The first-order valence-electron chi connectivity index (χ1n) is 7.06. The molecule has 20 heavy (non-hydrogen) atoms. The molecule has 1 heterocycles. The molecular weight excluding hydrogens is 250 g/mol. The number of ether oxygens (including phenoxy) is 1. The molecule has 0 fully saturated rings. The molecule has 2 aromatic rings. The van der Waals surface area contributed by atoms with E-state index in [0.29, 0.717) is 6.61 Å². The van der Waals surface area contributed by atoms with Crippen LogP contribution in [0.5, 0.6) is 5.75 Å². The van der Waals surface area contributed by atoms with Crippen LogP contribution in [-0.2, 0) is 20.1 Å². The van der Waals surface area contributed by atoms with E-state index >= 15 is 0 Å². The Hall–Kier alpha value is -1.81. The molecule has 4 heteroatoms. The van der Waals surface area contributed by atoms with Crippen molar-refractivity contribution in [2.75, 3.05) is 7.05 Å². The monoisotopic (exact) mass is 273 g/mol. The number of hydrogen-bond donors (Lipinski definition) is 1. The van der Waals surface area contributed by atoms with E-state index in [2.05, 4.69) is 36.4 Å². The molecule has 0 saturated carbocycles. The van der Waals surface area contributed by atoms with Crippen LogP contribution >= 0.6 is 0 Å². The summed E-state index contributed by atoms with van der Waals surface area (Å²) in [6.07, 6.45) is 0.946. The van der Waals surface area contributed by atoms with Crippen molar-refractivity contribution in [2.45, 2.75) is 32.9 Å². The van der Waals surface area contributed by atoms with Crippen LogP contribution < -0.4 is 10.1 Å². The summed E-state index contributed by atoms with van der Waals surface area (Å²) in [6, 6.07) is 10.5. The van der Waals surface area contributed by atoms with Gasteiger partial charge in [0, 0.05) is 18.7 Å². The quantitative estimate of drug-likeness (QED) is 0.879. The number of rotatable bonds is 6. The SMILES string of the molecule is CCc1cc(COc2ccccc2C(C)NC)n(C)n1. The van der Waals surface area contributed by atoms with E-state index in [4.69, 9.17) is 4.74 Å². The van der Waals surface area contributed by atoms with Gasteiger partial charge in [-0.15, -0.1) is 0 Å². The molecule has 0 aliphatic carbocycles. The number of benzene rings is 1. The van der Waals surface area contributed by atoms with Crippen molar-refractivity contribution in [1.29, 1.82) is 0 Å². The summed E-state index contributed by atoms with van der Waals surface area (Å²) in [7, 11) is 3.91. The molecule has 1 N–H and O–H groups in total. The molecular formula is C16H23N3O. The van der Waals surface area contributed by atoms with E-state index in [0.717, 1.165) is 23.6 Å². The minimum absolute atomic E-state index is 0.268. The number of aryl methyl sites for hydroxylation is 2. The topological polar surface area (TPSA) is 39.1 Å². The Morgan fingerprint density at radius 1 is 1.35 bits per heavy atom. The normalized spacial score (nSPS) is 12.4. The average Bonchev–Trinajstić information content (AvgIpc) is 2.85. The van der Waals surface area contributed by atoms with Crippen LogP contribution in [0.15, 0.2) is 30.3 Å². The number of para-hydroxylation sites is 1. The lowest BCUT2D eigenvalue weighted by Crippen LogP contribution is -2.14. The van der Waals surface area contributed by atoms with Gasteiger partial charge in [-0.1, -0.05) is 25.1 Å². The summed E-state index contributed by atoms with van der Waals surface area (Å²) in [6.45, 7) is 4.77. The molecule has 0 amide bonds. The smallest absolute Gasteiger partial charge is 0.130 e. The van der Waals surface area contributed by atoms with Crippen molar-refractivity contribution in [3.05, 3.63) is 47.3 Å². The Bertz CT molecular complexity index is 563. The van der Waals surface area contributed by atoms with E-state index in [1.165, 1.54) is 5.56 Å². The van der Waals surface area contributed by atoms with Crippen LogP contribution in [0.2, 0.25) is 0 Å². The molecule has 0 aliphatic rings. The van der Waals surface area contributed by atoms with Gasteiger partial charge in [0.05, 0.1) is 11.4 Å². The lowest BCUT2D eigenvalue weighted by molar-refractivity contribution is 0.289. The fraction of sp³-hybridized carbons (Fsp3) is 0.438. The molecule has 0 aliphatic heterocycles. The molecule has 2 rings (SSSR count). The van der Waals surface area contributed by atoms with Gasteiger partial charge in [-0.3, -0.25) is 4.68 Å². The second kappa shape index (κ2) is 6.57. The number of hydrogen-bond acceptors (Lipinski definition) is 3. The third-order valence-corrected chi connectivity index (χ3v) is 3.58. The van der Waals surface area contributed by atoms with Gasteiger partial charge in [0.1, 0.15) is 12.4 Å². The zero-order valence-corrected chi connectivity index (χ0v) is 12.7. The van der Waals surface area contributed by atoms with E-state index in [1.54, 1.807) is 0 Å². The lowest BCUT2D eigenvalue weighted by Gasteiger charge is -2.16. The minimum atomic E-state index is 0.268. The predicted octanol–water partition coefficient (Wildman–Crippen LogP) is 2.84. The van der Waals surface area contributed by atoms with Crippen LogP contribution in [0, 0.1) is 0 Å². The molecule has 108 valence electrons. The highest BCUT2D eigenvalue weighted by molar-refractivity contribution is 5.35. The summed E-state index contributed by atoms with van der Waals surface area (Å²) >= 11 is 0. The highest BCUT2D eigenvalue weighted by Crippen LogP contribution is 2.25. The second-order valence-electron chi connectivity index (χ2n) is 4.94. The van der Waals surface area contributed by atoms with Crippen molar-refractivity contribution in [2.24, 2.45) is 7.05 Å². The van der Waals surface area contributed by atoms with Crippen molar-refractivity contribution >= 4 is 0 Å². The molecule has 0 spiro atoms. The second-order valence-corrected chi connectivity index (χ2v) is 4.94. The maximum absolute atomic E-state index is 5.98. The molecule has 0 saturated heterocycles. The molecule has 1 aromatic heterocycles. The fourth-order valence-electron chi connectivity index (χ4n) is 2.16. The van der Waals surface area contributed by atoms with Crippen LogP contribution in [0.25, 0.3) is 0 Å². The summed E-state index contributed by atoms with van der Waals surface area (Å²) in [5.74, 6) is 0.925. The summed E-state index contributed by atoms with van der Waals surface area (Å²) < 4.78 is 7.88. The number of nitrogens with one attached hydrogen (secondary N) is 1. The maximum Gasteiger partial charge on any atom is 0.130 e. The summed E-state index contributed by atoms with van der Waals surface area (Å²) in [5.41, 5.74) is 3.37. The highest BCUT2D eigenvalue weighted by Gasteiger charge is 2.10. The summed E-state index contributed by atoms with van der Waals surface area (Å²) in [5, 5.41) is 7.69. The van der Waals surface area contributed by atoms with Crippen LogP contribution in [0.1, 0.15) is 36.8 Å².